The van der Waals surface area contributed by atoms with Gasteiger partial charge in [-0.3, -0.25) is 4.79 Å². The predicted molar refractivity (Wildman–Crippen MR) is 120 cm³/mol. The van der Waals surface area contributed by atoms with Gasteiger partial charge in [-0.1, -0.05) is 6.07 Å². The van der Waals surface area contributed by atoms with Gasteiger partial charge in [0, 0.05) is 23.7 Å². The highest BCUT2D eigenvalue weighted by atomic mass is 16.5. The van der Waals surface area contributed by atoms with Crippen LogP contribution in [0.3, 0.4) is 0 Å². The molecule has 164 valence electrons. The maximum absolute atomic E-state index is 12.8. The molecule has 1 fully saturated rings. The fourth-order valence-corrected chi connectivity index (χ4v) is 4.29. The van der Waals surface area contributed by atoms with E-state index in [1.165, 1.54) is 0 Å². The summed E-state index contributed by atoms with van der Waals surface area (Å²) >= 11 is 0. The number of anilines is 2. The van der Waals surface area contributed by atoms with Crippen molar-refractivity contribution in [2.24, 2.45) is 5.92 Å². The number of rotatable bonds is 5. The van der Waals surface area contributed by atoms with E-state index in [9.17, 15) is 4.79 Å². The highest BCUT2D eigenvalue weighted by Crippen LogP contribution is 2.35. The number of fused-ring (bicyclic) bond motifs is 1. The van der Waals surface area contributed by atoms with Crippen molar-refractivity contribution >= 4 is 28.6 Å². The lowest BCUT2D eigenvalue weighted by molar-refractivity contribution is -0.120. The number of hydrogen-bond donors (Lipinski definition) is 2. The topological polar surface area (TPSA) is 121 Å². The summed E-state index contributed by atoms with van der Waals surface area (Å²) in [6, 6.07) is 9.40. The lowest BCUT2D eigenvalue weighted by Crippen LogP contribution is -2.28. The molecule has 9 heteroatoms. The summed E-state index contributed by atoms with van der Waals surface area (Å²) in [6.45, 7) is 0. The molecule has 0 unspecified atom stereocenters. The van der Waals surface area contributed by atoms with E-state index in [0.717, 1.165) is 42.7 Å². The zero-order valence-corrected chi connectivity index (χ0v) is 17.7. The monoisotopic (exact) mass is 432 g/mol. The van der Waals surface area contributed by atoms with Gasteiger partial charge in [-0.25, -0.2) is 15.0 Å². The first-order valence-electron chi connectivity index (χ1n) is 10.6. The molecule has 0 spiro atoms. The number of aromatic nitrogens is 4. The Hall–Kier alpha value is -3.88. The van der Waals surface area contributed by atoms with Crippen molar-refractivity contribution in [3.05, 3.63) is 49.2 Å². The summed E-state index contributed by atoms with van der Waals surface area (Å²) < 4.78 is 12.4. The molecular weight excluding hydrogens is 408 g/mol. The molecule has 5 rings (SSSR count). The van der Waals surface area contributed by atoms with E-state index < -0.39 is 0 Å². The van der Waals surface area contributed by atoms with Crippen molar-refractivity contribution in [3.63, 3.8) is 0 Å². The average molecular weight is 432 g/mol. The molecule has 1 aliphatic carbocycles. The fraction of sp³-hybridized carbons (Fsp3) is 0.304. The molecule has 1 aliphatic rings. The van der Waals surface area contributed by atoms with Crippen LogP contribution in [0, 0.1) is 5.92 Å². The quantitative estimate of drug-likeness (QED) is 0.488. The molecule has 0 atom stereocenters. The van der Waals surface area contributed by atoms with Gasteiger partial charge in [-0.15, -0.1) is 0 Å². The van der Waals surface area contributed by atoms with Crippen molar-refractivity contribution in [2.75, 3.05) is 18.2 Å². The first-order valence-corrected chi connectivity index (χ1v) is 10.6. The molecule has 3 heterocycles. The van der Waals surface area contributed by atoms with Gasteiger partial charge in [0.1, 0.15) is 17.5 Å². The maximum Gasteiger partial charge on any atom is 0.227 e. The minimum Gasteiger partial charge on any atom is -0.497 e. The summed E-state index contributed by atoms with van der Waals surface area (Å²) in [5.74, 6) is 1.58. The highest BCUT2D eigenvalue weighted by Gasteiger charge is 2.28. The minimum atomic E-state index is -0.0339. The van der Waals surface area contributed by atoms with E-state index in [1.807, 2.05) is 24.3 Å². The molecule has 3 aromatic heterocycles. The zero-order valence-electron chi connectivity index (χ0n) is 17.7. The van der Waals surface area contributed by atoms with Crippen molar-refractivity contribution in [1.29, 1.82) is 0 Å². The normalized spacial score (nSPS) is 18.5. The zero-order chi connectivity index (χ0) is 22.1. The number of methoxy groups -OCH3 is 1. The summed E-state index contributed by atoms with van der Waals surface area (Å²) in [6.07, 6.45) is 8.22. The molecule has 3 N–H and O–H groups in total. The van der Waals surface area contributed by atoms with E-state index in [4.69, 9.17) is 19.9 Å². The Balaban J connectivity index is 1.30. The standard InChI is InChI=1S/C23H24N6O3/c1-31-18-4-2-3-16(11-18)26-23(30)14-5-7-17(8-6-14)29-13-25-19-20(24)27-21(28-22(19)29)15-9-10-32-12-15/h2-4,9-14,17H,5-8H2,1H3,(H,26,30)(H2,24,27,28)/t14-,17+. The number of carbonyl (C=O) groups is 1. The summed E-state index contributed by atoms with van der Waals surface area (Å²) in [5.41, 5.74) is 8.96. The molecule has 9 nitrogen and oxygen atoms in total. The molecular formula is C23H24N6O3. The van der Waals surface area contributed by atoms with Crippen LogP contribution in [0.1, 0.15) is 31.7 Å². The number of carbonyl (C=O) groups excluding carboxylic acids is 1. The maximum atomic E-state index is 12.8. The number of benzene rings is 1. The van der Waals surface area contributed by atoms with Crippen LogP contribution in [0.5, 0.6) is 5.75 Å². The molecule has 0 radical (unpaired) electrons. The van der Waals surface area contributed by atoms with Crippen molar-refractivity contribution < 1.29 is 13.9 Å². The number of amides is 1. The molecule has 0 aliphatic heterocycles. The summed E-state index contributed by atoms with van der Waals surface area (Å²) in [7, 11) is 1.61. The van der Waals surface area contributed by atoms with Crippen LogP contribution < -0.4 is 15.8 Å². The van der Waals surface area contributed by atoms with Gasteiger partial charge in [0.25, 0.3) is 0 Å². The summed E-state index contributed by atoms with van der Waals surface area (Å²) in [4.78, 5) is 26.3. The van der Waals surface area contributed by atoms with Crippen LogP contribution in [0.4, 0.5) is 11.5 Å². The Labute approximate surface area is 184 Å². The minimum absolute atomic E-state index is 0.0339. The van der Waals surface area contributed by atoms with E-state index >= 15 is 0 Å². The van der Waals surface area contributed by atoms with E-state index in [0.29, 0.717) is 22.8 Å². The Morgan fingerprint density at radius 1 is 1.22 bits per heavy atom. The third kappa shape index (κ3) is 3.77. The Kier molecular flexibility index (Phi) is 5.22. The van der Waals surface area contributed by atoms with Gasteiger partial charge in [0.15, 0.2) is 17.3 Å². The van der Waals surface area contributed by atoms with E-state index in [2.05, 4.69) is 19.9 Å². The number of imidazole rings is 1. The largest absolute Gasteiger partial charge is 0.497 e. The molecule has 4 aromatic rings. The third-order valence-corrected chi connectivity index (χ3v) is 6.03. The molecule has 32 heavy (non-hydrogen) atoms. The lowest BCUT2D eigenvalue weighted by atomic mass is 9.85. The summed E-state index contributed by atoms with van der Waals surface area (Å²) in [5, 5.41) is 3.01. The number of nitrogen functional groups attached to an aromatic ring is 1. The van der Waals surface area contributed by atoms with Gasteiger partial charge < -0.3 is 24.8 Å². The van der Waals surface area contributed by atoms with Crippen molar-refractivity contribution in [3.8, 4) is 17.1 Å². The van der Waals surface area contributed by atoms with E-state index in [-0.39, 0.29) is 17.9 Å². The van der Waals surface area contributed by atoms with Gasteiger partial charge in [0.05, 0.1) is 25.3 Å². The first kappa shape index (κ1) is 20.0. The molecule has 1 amide bonds. The number of hydrogen-bond acceptors (Lipinski definition) is 7. The average Bonchev–Trinajstić information content (AvgIpc) is 3.50. The highest BCUT2D eigenvalue weighted by molar-refractivity contribution is 5.92. The number of nitrogens with one attached hydrogen (secondary N) is 1. The molecule has 0 saturated heterocycles. The van der Waals surface area contributed by atoms with Crippen LogP contribution in [0.15, 0.2) is 53.6 Å². The van der Waals surface area contributed by atoms with Crippen molar-refractivity contribution in [2.45, 2.75) is 31.7 Å². The smallest absolute Gasteiger partial charge is 0.227 e. The molecule has 1 aromatic carbocycles. The third-order valence-electron chi connectivity index (χ3n) is 6.03. The van der Waals surface area contributed by atoms with Crippen LogP contribution in [-0.2, 0) is 4.79 Å². The number of nitrogens with two attached hydrogens (primary N) is 1. The number of ether oxygens (including phenoxy) is 1. The van der Waals surface area contributed by atoms with Crippen molar-refractivity contribution in [1.82, 2.24) is 19.5 Å². The van der Waals surface area contributed by atoms with Gasteiger partial charge in [-0.2, -0.15) is 0 Å². The van der Waals surface area contributed by atoms with Gasteiger partial charge in [0.2, 0.25) is 5.91 Å². The lowest BCUT2D eigenvalue weighted by Gasteiger charge is -2.28. The van der Waals surface area contributed by atoms with Crippen LogP contribution >= 0.6 is 0 Å². The Bertz CT molecular complexity index is 1240. The molecule has 1 saturated carbocycles. The number of furan rings is 1. The predicted octanol–water partition coefficient (Wildman–Crippen LogP) is 4.05. The van der Waals surface area contributed by atoms with Crippen LogP contribution in [0.25, 0.3) is 22.6 Å². The van der Waals surface area contributed by atoms with Gasteiger partial charge in [-0.05, 0) is 43.9 Å². The first-order chi connectivity index (χ1) is 15.6. The second kappa shape index (κ2) is 8.33. The van der Waals surface area contributed by atoms with Crippen LogP contribution in [-0.4, -0.2) is 32.5 Å². The van der Waals surface area contributed by atoms with E-state index in [1.54, 1.807) is 32.0 Å². The number of nitrogens with zero attached hydrogens (tertiary/aromatic N) is 4. The SMILES string of the molecule is COc1cccc(NC(=O)[C@H]2CC[C@@H](n3cnc4c(N)nc(-c5ccoc5)nc43)CC2)c1. The second-order valence-electron chi connectivity index (χ2n) is 8.00. The van der Waals surface area contributed by atoms with Gasteiger partial charge >= 0.3 is 0 Å². The van der Waals surface area contributed by atoms with Crippen LogP contribution in [0.2, 0.25) is 0 Å². The fourth-order valence-electron chi connectivity index (χ4n) is 4.29. The second-order valence-corrected chi connectivity index (χ2v) is 8.00. The Morgan fingerprint density at radius 3 is 2.81 bits per heavy atom. The Morgan fingerprint density at radius 2 is 2.06 bits per heavy atom. The molecule has 0 bridgehead atoms.